The molecule has 0 spiro atoms. The lowest BCUT2D eigenvalue weighted by Crippen LogP contribution is -2.49. The molecule has 152 valence electrons. The van der Waals surface area contributed by atoms with Gasteiger partial charge < -0.3 is 14.8 Å². The Morgan fingerprint density at radius 2 is 1.64 bits per heavy atom. The Hall–Kier alpha value is -1.97. The number of carbonyl (C=O) groups is 1. The maximum Gasteiger partial charge on any atom is 0.241 e. The molecule has 0 saturated heterocycles. The highest BCUT2D eigenvalue weighted by Crippen LogP contribution is 2.15. The van der Waals surface area contributed by atoms with Crippen molar-refractivity contribution in [1.82, 2.24) is 10.0 Å². The van der Waals surface area contributed by atoms with Crippen LogP contribution in [-0.4, -0.2) is 47.4 Å². The highest BCUT2D eigenvalue weighted by molar-refractivity contribution is 7.89. The standard InChI is InChI=1S/C19H23ClN2O5S/c1-26-18(27-2)13-21-19(23)17(12-14-6-4-3-5-7-14)22-28(24,25)16-10-8-15(20)9-11-16/h3-11,17-18,22H,12-13H2,1-2H3,(H,21,23)/t17-/m1/s1. The number of amides is 1. The molecule has 0 saturated carbocycles. The number of ether oxygens (including phenoxy) is 2. The van der Waals surface area contributed by atoms with Crippen molar-refractivity contribution >= 4 is 27.5 Å². The lowest BCUT2D eigenvalue weighted by atomic mass is 10.1. The fraction of sp³-hybridized carbons (Fsp3) is 0.316. The van der Waals surface area contributed by atoms with Crippen molar-refractivity contribution in [3.05, 3.63) is 65.2 Å². The fourth-order valence-corrected chi connectivity index (χ4v) is 3.80. The van der Waals surface area contributed by atoms with Crippen LogP contribution in [0, 0.1) is 0 Å². The second-order valence-corrected chi connectivity index (χ2v) is 8.11. The van der Waals surface area contributed by atoms with Gasteiger partial charge in [0.25, 0.3) is 0 Å². The summed E-state index contributed by atoms with van der Waals surface area (Å²) in [6.07, 6.45) is -0.446. The van der Waals surface area contributed by atoms with E-state index in [-0.39, 0.29) is 17.9 Å². The summed E-state index contributed by atoms with van der Waals surface area (Å²) in [5.74, 6) is -0.486. The zero-order valence-corrected chi connectivity index (χ0v) is 17.2. The molecule has 28 heavy (non-hydrogen) atoms. The number of sulfonamides is 1. The van der Waals surface area contributed by atoms with Gasteiger partial charge in [0.1, 0.15) is 6.04 Å². The van der Waals surface area contributed by atoms with E-state index in [2.05, 4.69) is 10.0 Å². The predicted molar refractivity (Wildman–Crippen MR) is 107 cm³/mol. The summed E-state index contributed by atoms with van der Waals surface area (Å²) >= 11 is 5.82. The van der Waals surface area contributed by atoms with Crippen LogP contribution in [0.25, 0.3) is 0 Å². The van der Waals surface area contributed by atoms with Crippen LogP contribution in [0.1, 0.15) is 5.56 Å². The molecule has 0 heterocycles. The minimum absolute atomic E-state index is 0.0226. The Morgan fingerprint density at radius 1 is 1.04 bits per heavy atom. The second kappa shape index (κ2) is 10.5. The van der Waals surface area contributed by atoms with Crippen LogP contribution in [0.15, 0.2) is 59.5 Å². The minimum atomic E-state index is -3.92. The Bertz CT molecular complexity index is 856. The normalized spacial score (nSPS) is 12.7. The summed E-state index contributed by atoms with van der Waals surface area (Å²) in [4.78, 5) is 12.7. The van der Waals surface area contributed by atoms with Crippen LogP contribution >= 0.6 is 11.6 Å². The molecule has 0 radical (unpaired) electrons. The number of hydrogen-bond acceptors (Lipinski definition) is 5. The smallest absolute Gasteiger partial charge is 0.241 e. The van der Waals surface area contributed by atoms with E-state index in [1.54, 1.807) is 0 Å². The summed E-state index contributed by atoms with van der Waals surface area (Å²) in [5, 5.41) is 3.07. The van der Waals surface area contributed by atoms with Gasteiger partial charge in [-0.2, -0.15) is 4.72 Å². The molecule has 2 N–H and O–H groups in total. The first-order valence-corrected chi connectivity index (χ1v) is 10.4. The highest BCUT2D eigenvalue weighted by atomic mass is 35.5. The van der Waals surface area contributed by atoms with Gasteiger partial charge in [-0.15, -0.1) is 0 Å². The molecule has 0 aliphatic rings. The summed E-state index contributed by atoms with van der Waals surface area (Å²) in [6, 6.07) is 13.8. The Balaban J connectivity index is 2.19. The van der Waals surface area contributed by atoms with E-state index >= 15 is 0 Å². The van der Waals surface area contributed by atoms with Crippen LogP contribution in [0.4, 0.5) is 0 Å². The minimum Gasteiger partial charge on any atom is -0.354 e. The number of halogens is 1. The molecule has 0 unspecified atom stereocenters. The number of benzene rings is 2. The van der Waals surface area contributed by atoms with Gasteiger partial charge in [-0.1, -0.05) is 41.9 Å². The van der Waals surface area contributed by atoms with Gasteiger partial charge in [0.2, 0.25) is 15.9 Å². The maximum atomic E-state index is 12.7. The number of hydrogen-bond donors (Lipinski definition) is 2. The predicted octanol–water partition coefficient (Wildman–Crippen LogP) is 1.96. The monoisotopic (exact) mass is 426 g/mol. The molecule has 9 heteroatoms. The van der Waals surface area contributed by atoms with Gasteiger partial charge in [-0.05, 0) is 36.2 Å². The number of carbonyl (C=O) groups excluding carboxylic acids is 1. The van der Waals surface area contributed by atoms with E-state index in [1.165, 1.54) is 38.5 Å². The molecule has 7 nitrogen and oxygen atoms in total. The van der Waals surface area contributed by atoms with Crippen LogP contribution in [0.2, 0.25) is 5.02 Å². The Kier molecular flexibility index (Phi) is 8.40. The summed E-state index contributed by atoms with van der Waals surface area (Å²) < 4.78 is 38.0. The zero-order valence-electron chi connectivity index (χ0n) is 15.6. The van der Waals surface area contributed by atoms with E-state index < -0.39 is 28.3 Å². The first-order chi connectivity index (χ1) is 13.4. The summed E-state index contributed by atoms with van der Waals surface area (Å²) in [6.45, 7) is 0.0831. The lowest BCUT2D eigenvalue weighted by molar-refractivity contribution is -0.128. The van der Waals surface area contributed by atoms with Crippen molar-refractivity contribution < 1.29 is 22.7 Å². The molecule has 1 atom stereocenters. The van der Waals surface area contributed by atoms with Crippen molar-refractivity contribution in [3.8, 4) is 0 Å². The quantitative estimate of drug-likeness (QED) is 0.566. The Morgan fingerprint density at radius 3 is 2.21 bits per heavy atom. The third-order valence-corrected chi connectivity index (χ3v) is 5.73. The van der Waals surface area contributed by atoms with E-state index in [9.17, 15) is 13.2 Å². The maximum absolute atomic E-state index is 12.7. The molecule has 1 amide bonds. The van der Waals surface area contributed by atoms with Gasteiger partial charge in [-0.25, -0.2) is 8.42 Å². The highest BCUT2D eigenvalue weighted by Gasteiger charge is 2.26. The van der Waals surface area contributed by atoms with E-state index in [0.29, 0.717) is 5.02 Å². The molecule has 0 bridgehead atoms. The summed E-state index contributed by atoms with van der Waals surface area (Å²) in [5.41, 5.74) is 0.816. The fourth-order valence-electron chi connectivity index (χ4n) is 2.48. The number of rotatable bonds is 10. The molecule has 0 fully saturated rings. The van der Waals surface area contributed by atoms with E-state index in [0.717, 1.165) is 5.56 Å². The van der Waals surface area contributed by atoms with Gasteiger partial charge in [-0.3, -0.25) is 4.79 Å². The second-order valence-electron chi connectivity index (χ2n) is 5.96. The van der Waals surface area contributed by atoms with Gasteiger partial charge in [0.05, 0.1) is 11.4 Å². The van der Waals surface area contributed by atoms with Crippen molar-refractivity contribution in [3.63, 3.8) is 0 Å². The largest absolute Gasteiger partial charge is 0.354 e. The van der Waals surface area contributed by atoms with Crippen LogP contribution in [0.5, 0.6) is 0 Å². The third kappa shape index (κ3) is 6.57. The first kappa shape index (κ1) is 22.3. The average Bonchev–Trinajstić information content (AvgIpc) is 2.69. The van der Waals surface area contributed by atoms with Crippen molar-refractivity contribution in [2.75, 3.05) is 20.8 Å². The zero-order chi connectivity index (χ0) is 20.6. The van der Waals surface area contributed by atoms with Crippen LogP contribution in [-0.2, 0) is 30.7 Å². The summed E-state index contributed by atoms with van der Waals surface area (Å²) in [7, 11) is -1.02. The van der Waals surface area contributed by atoms with Gasteiger partial charge >= 0.3 is 0 Å². The van der Waals surface area contributed by atoms with E-state index in [4.69, 9.17) is 21.1 Å². The Labute approximate surface area is 170 Å². The lowest BCUT2D eigenvalue weighted by Gasteiger charge is -2.20. The van der Waals surface area contributed by atoms with Crippen LogP contribution in [0.3, 0.4) is 0 Å². The first-order valence-electron chi connectivity index (χ1n) is 8.51. The van der Waals surface area contributed by atoms with Gasteiger partial charge in [0, 0.05) is 19.2 Å². The molecule has 0 aliphatic heterocycles. The van der Waals surface area contributed by atoms with Gasteiger partial charge in [0.15, 0.2) is 6.29 Å². The molecular formula is C19H23ClN2O5S. The number of methoxy groups -OCH3 is 2. The molecule has 2 aromatic carbocycles. The average molecular weight is 427 g/mol. The molecule has 2 aromatic rings. The van der Waals surface area contributed by atoms with Crippen molar-refractivity contribution in [2.45, 2.75) is 23.6 Å². The van der Waals surface area contributed by atoms with Crippen molar-refractivity contribution in [2.24, 2.45) is 0 Å². The molecule has 0 aliphatic carbocycles. The molecule has 0 aromatic heterocycles. The SMILES string of the molecule is COC(CNC(=O)[C@@H](Cc1ccccc1)NS(=O)(=O)c1ccc(Cl)cc1)OC. The third-order valence-electron chi connectivity index (χ3n) is 3.99. The van der Waals surface area contributed by atoms with E-state index in [1.807, 2.05) is 30.3 Å². The molecular weight excluding hydrogens is 404 g/mol. The topological polar surface area (TPSA) is 93.7 Å². The molecule has 2 rings (SSSR count). The van der Waals surface area contributed by atoms with Crippen molar-refractivity contribution in [1.29, 1.82) is 0 Å². The van der Waals surface area contributed by atoms with Crippen LogP contribution < -0.4 is 10.0 Å². The number of nitrogens with one attached hydrogen (secondary N) is 2.